The lowest BCUT2D eigenvalue weighted by atomic mass is 10.4. The number of nitrogens with two attached hydrogens (primary N) is 1. The van der Waals surface area contributed by atoms with Crippen LogP contribution in [0.15, 0.2) is 6.20 Å². The van der Waals surface area contributed by atoms with Gasteiger partial charge in [-0.15, -0.1) is 5.10 Å². The standard InChI is InChI=1S/C8H17N5O3S/c9-17(15,16)5-2-10-6-8-7-13(12-11-8)3-1-4-14/h7,10,14H,1-6H2,(H2,9,15,16). The minimum atomic E-state index is -3.42. The second-order valence-corrected chi connectivity index (χ2v) is 5.33. The highest BCUT2D eigenvalue weighted by molar-refractivity contribution is 7.89. The molecular weight excluding hydrogens is 246 g/mol. The molecule has 1 rings (SSSR count). The highest BCUT2D eigenvalue weighted by Crippen LogP contribution is 1.94. The molecule has 8 nitrogen and oxygen atoms in total. The number of nitrogens with zero attached hydrogens (tertiary/aromatic N) is 3. The summed E-state index contributed by atoms with van der Waals surface area (Å²) in [6.07, 6.45) is 2.38. The predicted octanol–water partition coefficient (Wildman–Crippen LogP) is -1.96. The van der Waals surface area contributed by atoms with E-state index in [0.29, 0.717) is 19.5 Å². The topological polar surface area (TPSA) is 123 Å². The Kier molecular flexibility index (Phi) is 5.48. The number of rotatable bonds is 8. The number of aromatic nitrogens is 3. The Morgan fingerprint density at radius 3 is 2.94 bits per heavy atom. The van der Waals surface area contributed by atoms with Crippen molar-refractivity contribution in [1.82, 2.24) is 20.3 Å². The maximum Gasteiger partial charge on any atom is 0.210 e. The first-order valence-electron chi connectivity index (χ1n) is 5.22. The maximum atomic E-state index is 10.6. The van der Waals surface area contributed by atoms with Crippen molar-refractivity contribution in [2.24, 2.45) is 5.14 Å². The predicted molar refractivity (Wildman–Crippen MR) is 61.4 cm³/mol. The van der Waals surface area contributed by atoms with Crippen LogP contribution in [0.5, 0.6) is 0 Å². The van der Waals surface area contributed by atoms with Gasteiger partial charge in [-0.3, -0.25) is 4.68 Å². The van der Waals surface area contributed by atoms with Gasteiger partial charge in [0.1, 0.15) is 0 Å². The lowest BCUT2D eigenvalue weighted by Crippen LogP contribution is -2.26. The Morgan fingerprint density at radius 1 is 1.53 bits per heavy atom. The van der Waals surface area contributed by atoms with Gasteiger partial charge in [-0.2, -0.15) is 0 Å². The van der Waals surface area contributed by atoms with E-state index in [9.17, 15) is 8.42 Å². The van der Waals surface area contributed by atoms with Crippen molar-refractivity contribution >= 4 is 10.0 Å². The van der Waals surface area contributed by atoms with Crippen LogP contribution in [-0.2, 0) is 23.1 Å². The monoisotopic (exact) mass is 263 g/mol. The minimum absolute atomic E-state index is 0.106. The van der Waals surface area contributed by atoms with Crippen LogP contribution < -0.4 is 10.5 Å². The second kappa shape index (κ2) is 6.64. The fraction of sp³-hybridized carbons (Fsp3) is 0.750. The van der Waals surface area contributed by atoms with Gasteiger partial charge in [-0.05, 0) is 6.42 Å². The number of sulfonamides is 1. The van der Waals surface area contributed by atoms with Crippen molar-refractivity contribution in [3.05, 3.63) is 11.9 Å². The van der Waals surface area contributed by atoms with Crippen LogP contribution in [0.3, 0.4) is 0 Å². The second-order valence-electron chi connectivity index (χ2n) is 3.59. The SMILES string of the molecule is NS(=O)(=O)CCNCc1cn(CCCO)nn1. The zero-order valence-electron chi connectivity index (χ0n) is 9.41. The molecule has 0 aliphatic heterocycles. The van der Waals surface area contributed by atoms with Gasteiger partial charge in [-0.25, -0.2) is 13.6 Å². The molecule has 17 heavy (non-hydrogen) atoms. The lowest BCUT2D eigenvalue weighted by Gasteiger charge is -2.00. The van der Waals surface area contributed by atoms with Crippen LogP contribution in [-0.4, -0.2) is 47.4 Å². The zero-order valence-corrected chi connectivity index (χ0v) is 10.2. The number of aryl methyl sites for hydroxylation is 1. The highest BCUT2D eigenvalue weighted by atomic mass is 32.2. The summed E-state index contributed by atoms with van der Waals surface area (Å²) in [5, 5.41) is 24.1. The first-order chi connectivity index (χ1) is 8.01. The molecule has 0 fully saturated rings. The van der Waals surface area contributed by atoms with E-state index < -0.39 is 10.0 Å². The molecule has 0 amide bonds. The normalized spacial score (nSPS) is 11.9. The largest absolute Gasteiger partial charge is 0.396 e. The van der Waals surface area contributed by atoms with Gasteiger partial charge in [0.25, 0.3) is 0 Å². The van der Waals surface area contributed by atoms with Crippen molar-refractivity contribution in [2.75, 3.05) is 18.9 Å². The van der Waals surface area contributed by atoms with Crippen LogP contribution in [0.4, 0.5) is 0 Å². The highest BCUT2D eigenvalue weighted by Gasteiger charge is 2.03. The van der Waals surface area contributed by atoms with Gasteiger partial charge in [-0.1, -0.05) is 5.21 Å². The smallest absolute Gasteiger partial charge is 0.210 e. The summed E-state index contributed by atoms with van der Waals surface area (Å²) in [6, 6.07) is 0. The summed E-state index contributed by atoms with van der Waals surface area (Å²) >= 11 is 0. The van der Waals surface area contributed by atoms with E-state index in [0.717, 1.165) is 5.69 Å². The molecule has 0 aliphatic carbocycles. The van der Waals surface area contributed by atoms with Crippen LogP contribution >= 0.6 is 0 Å². The molecule has 0 aliphatic rings. The Morgan fingerprint density at radius 2 is 2.29 bits per heavy atom. The molecule has 98 valence electrons. The molecular formula is C8H17N5O3S. The van der Waals surface area contributed by atoms with Gasteiger partial charge in [0, 0.05) is 32.4 Å². The molecule has 0 radical (unpaired) electrons. The molecule has 0 bridgehead atoms. The number of nitrogens with one attached hydrogen (secondary N) is 1. The average molecular weight is 263 g/mol. The number of hydrogen-bond acceptors (Lipinski definition) is 6. The average Bonchev–Trinajstić information content (AvgIpc) is 2.68. The Bertz CT molecular complexity index is 430. The van der Waals surface area contributed by atoms with E-state index in [1.54, 1.807) is 10.9 Å². The summed E-state index contributed by atoms with van der Waals surface area (Å²) in [7, 11) is -3.42. The van der Waals surface area contributed by atoms with Crippen LogP contribution in [0, 0.1) is 0 Å². The van der Waals surface area contributed by atoms with Gasteiger partial charge in [0.05, 0.1) is 11.4 Å². The first kappa shape index (κ1) is 14.0. The molecule has 1 heterocycles. The number of hydrogen-bond donors (Lipinski definition) is 3. The summed E-state index contributed by atoms with van der Waals surface area (Å²) < 4.78 is 22.9. The van der Waals surface area contributed by atoms with Gasteiger partial charge >= 0.3 is 0 Å². The summed E-state index contributed by atoms with van der Waals surface area (Å²) in [5.41, 5.74) is 0.720. The molecule has 0 aromatic carbocycles. The molecule has 4 N–H and O–H groups in total. The van der Waals surface area contributed by atoms with Crippen molar-refractivity contribution in [3.63, 3.8) is 0 Å². The summed E-state index contributed by atoms with van der Waals surface area (Å²) in [4.78, 5) is 0. The van der Waals surface area contributed by atoms with E-state index in [2.05, 4.69) is 15.6 Å². The maximum absolute atomic E-state index is 10.6. The van der Waals surface area contributed by atoms with Crippen molar-refractivity contribution in [1.29, 1.82) is 0 Å². The quantitative estimate of drug-likeness (QED) is 0.468. The summed E-state index contributed by atoms with van der Waals surface area (Å²) in [5.74, 6) is -0.106. The van der Waals surface area contributed by atoms with Gasteiger partial charge in [0.2, 0.25) is 10.0 Å². The zero-order chi connectivity index (χ0) is 12.7. The molecule has 0 saturated carbocycles. The molecule has 1 aromatic heterocycles. The van der Waals surface area contributed by atoms with E-state index in [-0.39, 0.29) is 18.9 Å². The number of aliphatic hydroxyl groups excluding tert-OH is 1. The van der Waals surface area contributed by atoms with Crippen LogP contribution in [0.25, 0.3) is 0 Å². The number of aliphatic hydroxyl groups is 1. The fourth-order valence-corrected chi connectivity index (χ4v) is 1.62. The van der Waals surface area contributed by atoms with Crippen molar-refractivity contribution < 1.29 is 13.5 Å². The third-order valence-corrected chi connectivity index (χ3v) is 2.77. The third-order valence-electron chi connectivity index (χ3n) is 2.00. The Hall–Kier alpha value is -1.03. The van der Waals surface area contributed by atoms with Crippen LogP contribution in [0.2, 0.25) is 0 Å². The van der Waals surface area contributed by atoms with Crippen molar-refractivity contribution in [2.45, 2.75) is 19.5 Å². The van der Waals surface area contributed by atoms with E-state index >= 15 is 0 Å². The molecule has 0 atom stereocenters. The van der Waals surface area contributed by atoms with Crippen molar-refractivity contribution in [3.8, 4) is 0 Å². The van der Waals surface area contributed by atoms with Gasteiger partial charge < -0.3 is 10.4 Å². The molecule has 9 heteroatoms. The molecule has 0 spiro atoms. The van der Waals surface area contributed by atoms with E-state index in [1.807, 2.05) is 0 Å². The minimum Gasteiger partial charge on any atom is -0.396 e. The van der Waals surface area contributed by atoms with Crippen LogP contribution in [0.1, 0.15) is 12.1 Å². The lowest BCUT2D eigenvalue weighted by molar-refractivity contribution is 0.276. The Labute approximate surface area is 99.9 Å². The third kappa shape index (κ3) is 6.31. The molecule has 0 saturated heterocycles. The summed E-state index contributed by atoms with van der Waals surface area (Å²) in [6.45, 7) is 1.44. The molecule has 0 unspecified atom stereocenters. The number of primary sulfonamides is 1. The van der Waals surface area contributed by atoms with E-state index in [1.165, 1.54) is 0 Å². The first-order valence-corrected chi connectivity index (χ1v) is 6.94. The van der Waals surface area contributed by atoms with E-state index in [4.69, 9.17) is 10.2 Å². The fourth-order valence-electron chi connectivity index (χ4n) is 1.19. The Balaban J connectivity index is 2.25. The molecule has 1 aromatic rings. The van der Waals surface area contributed by atoms with Gasteiger partial charge in [0.15, 0.2) is 0 Å².